The maximum atomic E-state index is 10.8. The topological polar surface area (TPSA) is 81.8 Å². The van der Waals surface area contributed by atoms with Crippen LogP contribution in [-0.4, -0.2) is 25.3 Å². The molecule has 1 aromatic carbocycles. The quantitative estimate of drug-likeness (QED) is 0.826. The summed E-state index contributed by atoms with van der Waals surface area (Å²) in [6.45, 7) is 4.05. The van der Waals surface area contributed by atoms with Gasteiger partial charge in [-0.1, -0.05) is 13.8 Å². The molecule has 3 N–H and O–H groups in total. The van der Waals surface area contributed by atoms with Crippen LogP contribution in [0.15, 0.2) is 12.1 Å². The molecule has 0 aliphatic carbocycles. The Hall–Kier alpha value is -1.75. The molecule has 0 amide bonds. The lowest BCUT2D eigenvalue weighted by molar-refractivity contribution is -0.137. The number of aliphatic carboxylic acids is 1. The SMILES string of the molecule is COc1cc(C(C)C)c(C(N)CC(=O)O)cc1OC. The van der Waals surface area contributed by atoms with Crippen LogP contribution in [-0.2, 0) is 4.79 Å². The van der Waals surface area contributed by atoms with E-state index in [4.69, 9.17) is 20.3 Å². The number of hydrogen-bond acceptors (Lipinski definition) is 4. The normalized spacial score (nSPS) is 12.3. The van der Waals surface area contributed by atoms with Crippen molar-refractivity contribution in [1.82, 2.24) is 0 Å². The Balaban J connectivity index is 3.30. The minimum Gasteiger partial charge on any atom is -0.493 e. The lowest BCUT2D eigenvalue weighted by Gasteiger charge is -2.20. The molecule has 0 aromatic heterocycles. The third-order valence-electron chi connectivity index (χ3n) is 3.01. The molecule has 0 saturated carbocycles. The third-order valence-corrected chi connectivity index (χ3v) is 3.01. The number of nitrogens with two attached hydrogens (primary N) is 1. The van der Waals surface area contributed by atoms with Crippen molar-refractivity contribution >= 4 is 5.97 Å². The number of hydrogen-bond donors (Lipinski definition) is 2. The largest absolute Gasteiger partial charge is 0.493 e. The fourth-order valence-electron chi connectivity index (χ4n) is 2.03. The molecule has 19 heavy (non-hydrogen) atoms. The molecule has 1 atom stereocenters. The van der Waals surface area contributed by atoms with Crippen LogP contribution in [0.2, 0.25) is 0 Å². The Morgan fingerprint density at radius 1 is 1.21 bits per heavy atom. The molecule has 1 rings (SSSR count). The summed E-state index contributed by atoms with van der Waals surface area (Å²) in [5, 5.41) is 8.87. The summed E-state index contributed by atoms with van der Waals surface area (Å²) >= 11 is 0. The monoisotopic (exact) mass is 267 g/mol. The maximum Gasteiger partial charge on any atom is 0.305 e. The van der Waals surface area contributed by atoms with Crippen LogP contribution in [0.25, 0.3) is 0 Å². The molecule has 0 aliphatic heterocycles. The first-order chi connectivity index (χ1) is 8.90. The van der Waals surface area contributed by atoms with E-state index in [0.29, 0.717) is 11.5 Å². The van der Waals surface area contributed by atoms with Crippen LogP contribution in [0, 0.1) is 0 Å². The fourth-order valence-corrected chi connectivity index (χ4v) is 2.03. The summed E-state index contributed by atoms with van der Waals surface area (Å²) in [6, 6.07) is 3.07. The zero-order valence-electron chi connectivity index (χ0n) is 11.8. The molecule has 0 fully saturated rings. The van der Waals surface area contributed by atoms with Gasteiger partial charge in [0.1, 0.15) is 0 Å². The van der Waals surface area contributed by atoms with Crippen molar-refractivity contribution in [2.45, 2.75) is 32.2 Å². The second kappa shape index (κ2) is 6.43. The number of carboxylic acids is 1. The van der Waals surface area contributed by atoms with Crippen molar-refractivity contribution in [3.8, 4) is 11.5 Å². The molecule has 0 aliphatic rings. The molecule has 5 heteroatoms. The van der Waals surface area contributed by atoms with E-state index in [-0.39, 0.29) is 12.3 Å². The maximum absolute atomic E-state index is 10.8. The molecule has 0 heterocycles. The number of methoxy groups -OCH3 is 2. The first-order valence-corrected chi connectivity index (χ1v) is 6.13. The summed E-state index contributed by atoms with van der Waals surface area (Å²) < 4.78 is 10.5. The molecule has 0 radical (unpaired) electrons. The smallest absolute Gasteiger partial charge is 0.305 e. The first kappa shape index (κ1) is 15.3. The van der Waals surface area contributed by atoms with E-state index < -0.39 is 12.0 Å². The van der Waals surface area contributed by atoms with Gasteiger partial charge in [-0.05, 0) is 29.2 Å². The van der Waals surface area contributed by atoms with Gasteiger partial charge in [-0.15, -0.1) is 0 Å². The van der Waals surface area contributed by atoms with E-state index in [2.05, 4.69) is 0 Å². The first-order valence-electron chi connectivity index (χ1n) is 6.13. The Bertz CT molecular complexity index is 457. The summed E-state index contributed by atoms with van der Waals surface area (Å²) in [4.78, 5) is 10.8. The van der Waals surface area contributed by atoms with E-state index in [1.165, 1.54) is 0 Å². The predicted octanol–water partition coefficient (Wildman–Crippen LogP) is 2.30. The lowest BCUT2D eigenvalue weighted by Crippen LogP contribution is -2.17. The van der Waals surface area contributed by atoms with Gasteiger partial charge < -0.3 is 20.3 Å². The summed E-state index contributed by atoms with van der Waals surface area (Å²) in [5.74, 6) is 0.479. The summed E-state index contributed by atoms with van der Waals surface area (Å²) in [7, 11) is 3.11. The van der Waals surface area contributed by atoms with Crippen LogP contribution < -0.4 is 15.2 Å². The molecule has 5 nitrogen and oxygen atoms in total. The minimum absolute atomic E-state index is 0.116. The molecule has 1 unspecified atom stereocenters. The van der Waals surface area contributed by atoms with Crippen molar-refractivity contribution in [2.75, 3.05) is 14.2 Å². The van der Waals surface area contributed by atoms with Crippen LogP contribution in [0.3, 0.4) is 0 Å². The van der Waals surface area contributed by atoms with Gasteiger partial charge in [0.2, 0.25) is 0 Å². The standard InChI is InChI=1S/C14H21NO4/c1-8(2)9-5-12(18-3)13(19-4)6-10(9)11(15)7-14(16)17/h5-6,8,11H,7,15H2,1-4H3,(H,16,17). The van der Waals surface area contributed by atoms with E-state index in [1.54, 1.807) is 20.3 Å². The highest BCUT2D eigenvalue weighted by molar-refractivity contribution is 5.68. The van der Waals surface area contributed by atoms with Crippen molar-refractivity contribution in [1.29, 1.82) is 0 Å². The van der Waals surface area contributed by atoms with Crippen LogP contribution in [0.1, 0.15) is 43.4 Å². The van der Waals surface area contributed by atoms with Crippen LogP contribution in [0.4, 0.5) is 0 Å². The van der Waals surface area contributed by atoms with Gasteiger partial charge in [0.15, 0.2) is 11.5 Å². The van der Waals surface area contributed by atoms with Gasteiger partial charge in [0, 0.05) is 6.04 Å². The second-order valence-electron chi connectivity index (χ2n) is 4.70. The Labute approximate surface area is 113 Å². The summed E-state index contributed by atoms with van der Waals surface area (Å²) in [6.07, 6.45) is -0.116. The second-order valence-corrected chi connectivity index (χ2v) is 4.70. The van der Waals surface area contributed by atoms with Gasteiger partial charge in [-0.25, -0.2) is 0 Å². The van der Waals surface area contributed by atoms with Crippen LogP contribution >= 0.6 is 0 Å². The highest BCUT2D eigenvalue weighted by atomic mass is 16.5. The molecule has 0 spiro atoms. The van der Waals surface area contributed by atoms with Gasteiger partial charge in [0.05, 0.1) is 20.6 Å². The minimum atomic E-state index is -0.919. The van der Waals surface area contributed by atoms with Crippen molar-refractivity contribution in [3.63, 3.8) is 0 Å². The van der Waals surface area contributed by atoms with E-state index in [9.17, 15) is 4.79 Å². The van der Waals surface area contributed by atoms with Gasteiger partial charge in [-0.3, -0.25) is 4.79 Å². The Kier molecular flexibility index (Phi) is 5.18. The van der Waals surface area contributed by atoms with Crippen molar-refractivity contribution in [2.24, 2.45) is 5.73 Å². The number of carboxylic acid groups (broad SMARTS) is 1. The van der Waals surface area contributed by atoms with Crippen molar-refractivity contribution < 1.29 is 19.4 Å². The Morgan fingerprint density at radius 2 is 1.68 bits per heavy atom. The average Bonchev–Trinajstić information content (AvgIpc) is 2.35. The molecule has 0 bridgehead atoms. The van der Waals surface area contributed by atoms with Gasteiger partial charge >= 0.3 is 5.97 Å². The van der Waals surface area contributed by atoms with E-state index in [0.717, 1.165) is 11.1 Å². The van der Waals surface area contributed by atoms with Gasteiger partial charge in [-0.2, -0.15) is 0 Å². The molecule has 0 saturated heterocycles. The number of carbonyl (C=O) groups is 1. The fraction of sp³-hybridized carbons (Fsp3) is 0.500. The average molecular weight is 267 g/mol. The lowest BCUT2D eigenvalue weighted by atomic mass is 9.91. The number of ether oxygens (including phenoxy) is 2. The highest BCUT2D eigenvalue weighted by Crippen LogP contribution is 2.36. The zero-order chi connectivity index (χ0) is 14.6. The molecular formula is C14H21NO4. The molecular weight excluding hydrogens is 246 g/mol. The number of rotatable bonds is 6. The summed E-state index contributed by atoms with van der Waals surface area (Å²) in [5.41, 5.74) is 7.74. The Morgan fingerprint density at radius 3 is 2.05 bits per heavy atom. The third kappa shape index (κ3) is 3.61. The molecule has 1 aromatic rings. The van der Waals surface area contributed by atoms with E-state index >= 15 is 0 Å². The van der Waals surface area contributed by atoms with Crippen molar-refractivity contribution in [3.05, 3.63) is 23.3 Å². The highest BCUT2D eigenvalue weighted by Gasteiger charge is 2.19. The number of benzene rings is 1. The van der Waals surface area contributed by atoms with Crippen LogP contribution in [0.5, 0.6) is 11.5 Å². The molecule has 106 valence electrons. The zero-order valence-corrected chi connectivity index (χ0v) is 11.8. The van der Waals surface area contributed by atoms with Gasteiger partial charge in [0.25, 0.3) is 0 Å². The predicted molar refractivity (Wildman–Crippen MR) is 72.8 cm³/mol. The van der Waals surface area contributed by atoms with E-state index in [1.807, 2.05) is 19.9 Å².